The number of nitrogens with zero attached hydrogens (tertiary/aromatic N) is 5. The van der Waals surface area contributed by atoms with Crippen LogP contribution in [0.3, 0.4) is 0 Å². The molecule has 32 heavy (non-hydrogen) atoms. The number of hydrogen-bond donors (Lipinski definition) is 2. The summed E-state index contributed by atoms with van der Waals surface area (Å²) in [4.78, 5) is 20.8. The first kappa shape index (κ1) is 19.5. The second-order valence-electron chi connectivity index (χ2n) is 8.34. The highest BCUT2D eigenvalue weighted by Gasteiger charge is 2.33. The number of fused-ring (bicyclic) bond motifs is 4. The number of halogens is 1. The minimum absolute atomic E-state index is 0.121. The van der Waals surface area contributed by atoms with Crippen molar-refractivity contribution < 1.29 is 9.84 Å². The van der Waals surface area contributed by atoms with E-state index in [1.165, 1.54) is 12.8 Å². The maximum atomic E-state index is 10.3. The van der Waals surface area contributed by atoms with Crippen molar-refractivity contribution in [1.29, 1.82) is 0 Å². The third-order valence-corrected chi connectivity index (χ3v) is 6.58. The highest BCUT2D eigenvalue weighted by Crippen LogP contribution is 2.37. The van der Waals surface area contributed by atoms with Gasteiger partial charge in [-0.2, -0.15) is 9.97 Å². The molecule has 0 amide bonds. The van der Waals surface area contributed by atoms with Crippen molar-refractivity contribution in [2.75, 3.05) is 25.1 Å². The van der Waals surface area contributed by atoms with Crippen LogP contribution < -0.4 is 15.0 Å². The Hall–Kier alpha value is -3.23. The van der Waals surface area contributed by atoms with E-state index in [9.17, 15) is 5.11 Å². The lowest BCUT2D eigenvalue weighted by molar-refractivity contribution is 0.380. The van der Waals surface area contributed by atoms with Crippen molar-refractivity contribution in [1.82, 2.24) is 25.3 Å². The Bertz CT molecular complexity index is 1350. The number of anilines is 1. The summed E-state index contributed by atoms with van der Waals surface area (Å²) in [6.45, 7) is 1.75. The summed E-state index contributed by atoms with van der Waals surface area (Å²) in [6, 6.07) is 10.1. The van der Waals surface area contributed by atoms with Crippen LogP contribution in [-0.4, -0.2) is 57.3 Å². The molecule has 9 heteroatoms. The standard InChI is InChI=1S/C23H21ClN6O2/c1-32-23-28-21-17(22(29-23)30-10-13-5-6-14(11-30)26-13)9-25-20(27-21)16-8-15(31)7-12-3-2-4-18(24)19(12)16/h2-4,7-9,13-14,26,31H,5-6,10-11H2,1H3/t13-,14?/m0/s1. The molecule has 0 aliphatic carbocycles. The number of aromatic nitrogens is 4. The number of piperazine rings is 1. The van der Waals surface area contributed by atoms with Gasteiger partial charge in [-0.15, -0.1) is 0 Å². The van der Waals surface area contributed by atoms with E-state index in [0.29, 0.717) is 34.1 Å². The lowest BCUT2D eigenvalue weighted by Gasteiger charge is -2.34. The summed E-state index contributed by atoms with van der Waals surface area (Å²) < 4.78 is 5.39. The van der Waals surface area contributed by atoms with Gasteiger partial charge in [0.25, 0.3) is 0 Å². The monoisotopic (exact) mass is 448 g/mol. The van der Waals surface area contributed by atoms with Gasteiger partial charge in [0, 0.05) is 47.3 Å². The fourth-order valence-corrected chi connectivity index (χ4v) is 5.14. The molecular formula is C23H21ClN6O2. The fraction of sp³-hybridized carbons (Fsp3) is 0.304. The number of phenols is 1. The first-order valence-corrected chi connectivity index (χ1v) is 11.0. The molecule has 2 saturated heterocycles. The zero-order valence-electron chi connectivity index (χ0n) is 17.4. The average molecular weight is 449 g/mol. The highest BCUT2D eigenvalue weighted by molar-refractivity contribution is 6.36. The van der Waals surface area contributed by atoms with Gasteiger partial charge in [-0.05, 0) is 36.4 Å². The van der Waals surface area contributed by atoms with Gasteiger partial charge in [-0.1, -0.05) is 23.7 Å². The molecular weight excluding hydrogens is 428 g/mol. The van der Waals surface area contributed by atoms with E-state index in [2.05, 4.69) is 25.2 Å². The van der Waals surface area contributed by atoms with Crippen molar-refractivity contribution >= 4 is 39.2 Å². The van der Waals surface area contributed by atoms with E-state index in [1.807, 2.05) is 18.2 Å². The van der Waals surface area contributed by atoms with Gasteiger partial charge in [0.05, 0.1) is 12.5 Å². The first-order chi connectivity index (χ1) is 15.6. The van der Waals surface area contributed by atoms with Crippen LogP contribution >= 0.6 is 11.6 Å². The van der Waals surface area contributed by atoms with Gasteiger partial charge < -0.3 is 20.1 Å². The van der Waals surface area contributed by atoms with Gasteiger partial charge in [-0.25, -0.2) is 9.97 Å². The molecule has 2 fully saturated rings. The van der Waals surface area contributed by atoms with Gasteiger partial charge in [0.15, 0.2) is 11.5 Å². The van der Waals surface area contributed by atoms with Gasteiger partial charge in [0.2, 0.25) is 0 Å². The number of benzene rings is 2. The van der Waals surface area contributed by atoms with E-state index in [0.717, 1.165) is 35.1 Å². The van der Waals surface area contributed by atoms with E-state index in [-0.39, 0.29) is 11.8 Å². The van der Waals surface area contributed by atoms with E-state index in [4.69, 9.17) is 21.3 Å². The lowest BCUT2D eigenvalue weighted by atomic mass is 10.0. The molecule has 0 radical (unpaired) electrons. The van der Waals surface area contributed by atoms with Gasteiger partial charge in [-0.3, -0.25) is 0 Å². The number of ether oxygens (including phenoxy) is 1. The zero-order chi connectivity index (χ0) is 21.8. The number of hydrogen-bond acceptors (Lipinski definition) is 8. The molecule has 2 aliphatic rings. The van der Waals surface area contributed by atoms with Gasteiger partial charge in [0.1, 0.15) is 11.6 Å². The normalized spacial score (nSPS) is 20.2. The highest BCUT2D eigenvalue weighted by atomic mass is 35.5. The minimum Gasteiger partial charge on any atom is -0.508 e. The maximum absolute atomic E-state index is 10.3. The SMILES string of the molecule is COc1nc(N2CC3CC[C@@H](C2)N3)c2cnc(-c3cc(O)cc4cccc(Cl)c34)nc2n1. The molecule has 2 aliphatic heterocycles. The van der Waals surface area contributed by atoms with E-state index < -0.39 is 0 Å². The molecule has 0 spiro atoms. The Morgan fingerprint density at radius 2 is 1.94 bits per heavy atom. The minimum atomic E-state index is 0.121. The molecule has 8 nitrogen and oxygen atoms in total. The molecule has 2 aromatic carbocycles. The molecule has 6 rings (SSSR count). The molecule has 4 aromatic rings. The van der Waals surface area contributed by atoms with Crippen LogP contribution in [0.5, 0.6) is 11.8 Å². The molecule has 2 N–H and O–H groups in total. The second kappa shape index (κ2) is 7.43. The Morgan fingerprint density at radius 1 is 1.12 bits per heavy atom. The lowest BCUT2D eigenvalue weighted by Crippen LogP contribution is -2.51. The summed E-state index contributed by atoms with van der Waals surface area (Å²) >= 11 is 6.49. The van der Waals surface area contributed by atoms with Crippen LogP contribution in [0, 0.1) is 0 Å². The predicted octanol–water partition coefficient (Wildman–Crippen LogP) is 3.55. The zero-order valence-corrected chi connectivity index (χ0v) is 18.2. The quantitative estimate of drug-likeness (QED) is 0.491. The van der Waals surface area contributed by atoms with Crippen LogP contribution in [0.1, 0.15) is 12.8 Å². The maximum Gasteiger partial charge on any atom is 0.320 e. The summed E-state index contributed by atoms with van der Waals surface area (Å²) in [5, 5.41) is 16.8. The number of rotatable bonds is 3. The summed E-state index contributed by atoms with van der Waals surface area (Å²) in [7, 11) is 1.55. The summed E-state index contributed by atoms with van der Waals surface area (Å²) in [5.41, 5.74) is 1.14. The molecule has 162 valence electrons. The number of phenolic OH excluding ortho intramolecular Hbond substituents is 1. The van der Waals surface area contributed by atoms with Crippen LogP contribution in [-0.2, 0) is 0 Å². The predicted molar refractivity (Wildman–Crippen MR) is 123 cm³/mol. The summed E-state index contributed by atoms with van der Waals surface area (Å²) in [6.07, 6.45) is 4.10. The molecule has 0 saturated carbocycles. The molecule has 2 aromatic heterocycles. The largest absolute Gasteiger partial charge is 0.508 e. The van der Waals surface area contributed by atoms with Gasteiger partial charge >= 0.3 is 6.01 Å². The van der Waals surface area contributed by atoms with Crippen molar-refractivity contribution in [3.05, 3.63) is 41.6 Å². The van der Waals surface area contributed by atoms with Crippen molar-refractivity contribution in [3.8, 4) is 23.1 Å². The average Bonchev–Trinajstić information content (AvgIpc) is 3.14. The fourth-order valence-electron chi connectivity index (χ4n) is 4.86. The van der Waals surface area contributed by atoms with Crippen molar-refractivity contribution in [3.63, 3.8) is 0 Å². The smallest absolute Gasteiger partial charge is 0.320 e. The molecule has 4 heterocycles. The molecule has 2 bridgehead atoms. The Labute approximate surface area is 189 Å². The third-order valence-electron chi connectivity index (χ3n) is 6.26. The number of methoxy groups -OCH3 is 1. The van der Waals surface area contributed by atoms with Crippen LogP contribution in [0.15, 0.2) is 36.5 Å². The Balaban J connectivity index is 1.52. The summed E-state index contributed by atoms with van der Waals surface area (Å²) in [5.74, 6) is 1.34. The first-order valence-electron chi connectivity index (χ1n) is 10.6. The topological polar surface area (TPSA) is 96.3 Å². The Morgan fingerprint density at radius 3 is 2.72 bits per heavy atom. The van der Waals surface area contributed by atoms with E-state index in [1.54, 1.807) is 25.4 Å². The third kappa shape index (κ3) is 3.18. The number of aromatic hydroxyl groups is 1. The molecule has 2 atom stereocenters. The number of nitrogens with one attached hydrogen (secondary N) is 1. The van der Waals surface area contributed by atoms with Crippen LogP contribution in [0.25, 0.3) is 33.2 Å². The Kier molecular flexibility index (Phi) is 4.51. The molecule has 1 unspecified atom stereocenters. The van der Waals surface area contributed by atoms with Crippen molar-refractivity contribution in [2.45, 2.75) is 24.9 Å². The van der Waals surface area contributed by atoms with Crippen LogP contribution in [0.2, 0.25) is 5.02 Å². The second-order valence-corrected chi connectivity index (χ2v) is 8.75. The van der Waals surface area contributed by atoms with E-state index >= 15 is 0 Å². The van der Waals surface area contributed by atoms with Crippen molar-refractivity contribution in [2.24, 2.45) is 0 Å². The van der Waals surface area contributed by atoms with Crippen LogP contribution in [0.4, 0.5) is 5.82 Å².